The summed E-state index contributed by atoms with van der Waals surface area (Å²) in [4.78, 5) is 39.6. The number of halogens is 1. The zero-order valence-electron chi connectivity index (χ0n) is 16.2. The predicted octanol–water partition coefficient (Wildman–Crippen LogP) is 0.334. The van der Waals surface area contributed by atoms with E-state index in [9.17, 15) is 24.9 Å². The first-order valence-electron chi connectivity index (χ1n) is 9.19. The molecule has 1 saturated heterocycles. The Morgan fingerprint density at radius 2 is 2.09 bits per heavy atom. The van der Waals surface area contributed by atoms with Gasteiger partial charge in [0.25, 0.3) is 5.60 Å². The molecule has 170 valence electrons. The lowest BCUT2D eigenvalue weighted by atomic mass is 10.00. The van der Waals surface area contributed by atoms with Crippen molar-refractivity contribution in [3.8, 4) is 0 Å². The van der Waals surface area contributed by atoms with Gasteiger partial charge in [-0.15, -0.1) is 11.3 Å². The zero-order valence-corrected chi connectivity index (χ0v) is 17.7. The van der Waals surface area contributed by atoms with Gasteiger partial charge in [-0.2, -0.15) is 9.97 Å². The minimum atomic E-state index is -2.55. The lowest BCUT2D eigenvalue weighted by Gasteiger charge is -2.26. The third-order valence-corrected chi connectivity index (χ3v) is 5.90. The van der Waals surface area contributed by atoms with Crippen LogP contribution in [0.2, 0.25) is 5.28 Å². The lowest BCUT2D eigenvalue weighted by Crippen LogP contribution is -2.52. The second-order valence-corrected chi connectivity index (χ2v) is 8.32. The van der Waals surface area contributed by atoms with E-state index in [-0.39, 0.29) is 28.7 Å². The van der Waals surface area contributed by atoms with Crippen LogP contribution in [0.1, 0.15) is 17.7 Å². The normalized spacial score (nSPS) is 21.2. The first kappa shape index (κ1) is 22.3. The molecule has 3 aromatic rings. The number of hydrogen-bond acceptors (Lipinski definition) is 11. The molecule has 4 heterocycles. The fourth-order valence-corrected chi connectivity index (χ4v) is 4.25. The number of nitrogens with two attached hydrogens (primary N) is 1. The van der Waals surface area contributed by atoms with Crippen molar-refractivity contribution in [2.24, 2.45) is 0 Å². The maximum Gasteiger partial charge on any atom is 0.348 e. The Morgan fingerprint density at radius 3 is 2.75 bits per heavy atom. The zero-order chi connectivity index (χ0) is 23.0. The van der Waals surface area contributed by atoms with Crippen LogP contribution >= 0.6 is 22.9 Å². The van der Waals surface area contributed by atoms with Gasteiger partial charge in [0, 0.05) is 18.0 Å². The van der Waals surface area contributed by atoms with Gasteiger partial charge in [-0.1, -0.05) is 0 Å². The standard InChI is InChI=1S/C17H17ClN6O7S/c18-16-22-11(19)10-12(23-16)24(6-21-10)13-8(25)3-7(31-13)5-30-17(14(26)27,15(28)29)4-9-20-1-2-32-9/h1-2,6-8,13,25H,3-5H2,(H,26,27)(H,28,29)(H2,19,22,23)/t7-,8+,13+/m0/s1. The van der Waals surface area contributed by atoms with E-state index in [0.29, 0.717) is 5.01 Å². The number of thiazole rings is 1. The number of ether oxygens (including phenoxy) is 2. The van der Waals surface area contributed by atoms with E-state index in [0.717, 1.165) is 11.3 Å². The largest absolute Gasteiger partial charge is 0.479 e. The maximum absolute atomic E-state index is 11.8. The summed E-state index contributed by atoms with van der Waals surface area (Å²) >= 11 is 6.97. The van der Waals surface area contributed by atoms with E-state index in [2.05, 4.69) is 19.9 Å². The average Bonchev–Trinajstić information content (AvgIpc) is 3.44. The van der Waals surface area contributed by atoms with E-state index in [4.69, 9.17) is 26.8 Å². The van der Waals surface area contributed by atoms with Crippen molar-refractivity contribution < 1.29 is 34.4 Å². The Labute approximate surface area is 188 Å². The number of fused-ring (bicyclic) bond motifs is 1. The van der Waals surface area contributed by atoms with Crippen LogP contribution in [0.3, 0.4) is 0 Å². The molecule has 15 heteroatoms. The van der Waals surface area contributed by atoms with Crippen molar-refractivity contribution in [3.05, 3.63) is 28.2 Å². The van der Waals surface area contributed by atoms with Gasteiger partial charge in [0.15, 0.2) is 17.7 Å². The van der Waals surface area contributed by atoms with E-state index in [1.54, 1.807) is 5.38 Å². The SMILES string of the molecule is Nc1nc(Cl)nc2c1ncn2[C@@H]1O[C@H](COC(Cc2nccs2)(C(=O)O)C(=O)O)C[C@H]1O. The van der Waals surface area contributed by atoms with Gasteiger partial charge in [0.2, 0.25) is 5.28 Å². The third-order valence-electron chi connectivity index (χ3n) is 4.95. The molecule has 1 fully saturated rings. The summed E-state index contributed by atoms with van der Waals surface area (Å²) in [5, 5.41) is 31.5. The molecular weight excluding hydrogens is 468 g/mol. The Hall–Kier alpha value is -2.91. The summed E-state index contributed by atoms with van der Waals surface area (Å²) in [7, 11) is 0. The summed E-state index contributed by atoms with van der Waals surface area (Å²) in [6, 6.07) is 0. The molecular formula is C17H17ClN6O7S. The molecule has 32 heavy (non-hydrogen) atoms. The minimum Gasteiger partial charge on any atom is -0.479 e. The molecule has 0 spiro atoms. The number of hydrogen-bond donors (Lipinski definition) is 4. The van der Waals surface area contributed by atoms with E-state index in [1.807, 2.05) is 0 Å². The Kier molecular flexibility index (Phi) is 5.96. The van der Waals surface area contributed by atoms with Crippen LogP contribution in [0, 0.1) is 0 Å². The molecule has 13 nitrogen and oxygen atoms in total. The monoisotopic (exact) mass is 484 g/mol. The van der Waals surface area contributed by atoms with Crippen molar-refractivity contribution in [2.45, 2.75) is 36.9 Å². The molecule has 3 aromatic heterocycles. The summed E-state index contributed by atoms with van der Waals surface area (Å²) < 4.78 is 12.6. The number of carbonyl (C=O) groups is 2. The summed E-state index contributed by atoms with van der Waals surface area (Å²) in [6.45, 7) is -0.401. The highest BCUT2D eigenvalue weighted by Crippen LogP contribution is 2.33. The number of rotatable bonds is 8. The second kappa shape index (κ2) is 8.55. The van der Waals surface area contributed by atoms with Gasteiger partial charge in [0.05, 0.1) is 30.5 Å². The topological polar surface area (TPSA) is 196 Å². The predicted molar refractivity (Wildman–Crippen MR) is 109 cm³/mol. The number of carboxylic acids is 2. The Bertz CT molecular complexity index is 1140. The van der Waals surface area contributed by atoms with Crippen LogP contribution in [0.4, 0.5) is 5.82 Å². The van der Waals surface area contributed by atoms with Crippen molar-refractivity contribution in [1.82, 2.24) is 24.5 Å². The van der Waals surface area contributed by atoms with Crippen LogP contribution in [-0.4, -0.2) is 76.2 Å². The molecule has 0 radical (unpaired) electrons. The summed E-state index contributed by atoms with van der Waals surface area (Å²) in [6.07, 6.45) is -0.435. The summed E-state index contributed by atoms with van der Waals surface area (Å²) in [5.74, 6) is -3.28. The van der Waals surface area contributed by atoms with Gasteiger partial charge in [-0.3, -0.25) is 4.57 Å². The molecule has 0 aliphatic carbocycles. The van der Waals surface area contributed by atoms with Crippen LogP contribution in [-0.2, 0) is 25.5 Å². The Balaban J connectivity index is 1.52. The maximum atomic E-state index is 11.8. The number of nitrogens with zero attached hydrogens (tertiary/aromatic N) is 5. The quantitative estimate of drug-likeness (QED) is 0.253. The van der Waals surface area contributed by atoms with Gasteiger partial charge in [-0.25, -0.2) is 19.6 Å². The third kappa shape index (κ3) is 3.98. The molecule has 1 aliphatic heterocycles. The number of aromatic nitrogens is 5. The molecule has 0 bridgehead atoms. The van der Waals surface area contributed by atoms with Crippen LogP contribution in [0.15, 0.2) is 17.9 Å². The first-order chi connectivity index (χ1) is 15.2. The number of aliphatic hydroxyl groups excluding tert-OH is 1. The molecule has 0 aromatic carbocycles. The second-order valence-electron chi connectivity index (χ2n) is 7.00. The van der Waals surface area contributed by atoms with Gasteiger partial charge in [-0.05, 0) is 11.6 Å². The van der Waals surface area contributed by atoms with Crippen molar-refractivity contribution in [2.75, 3.05) is 12.3 Å². The van der Waals surface area contributed by atoms with Crippen LogP contribution in [0.25, 0.3) is 11.2 Å². The van der Waals surface area contributed by atoms with E-state index in [1.165, 1.54) is 17.1 Å². The molecule has 1 aliphatic rings. The fraction of sp³-hybridized carbons (Fsp3) is 0.412. The van der Waals surface area contributed by atoms with E-state index < -0.39 is 49.0 Å². The Morgan fingerprint density at radius 1 is 1.34 bits per heavy atom. The lowest BCUT2D eigenvalue weighted by molar-refractivity contribution is -0.188. The van der Waals surface area contributed by atoms with Crippen molar-refractivity contribution in [1.29, 1.82) is 0 Å². The molecule has 3 atom stereocenters. The summed E-state index contributed by atoms with van der Waals surface area (Å²) in [5.41, 5.74) is 3.74. The molecule has 0 amide bonds. The van der Waals surface area contributed by atoms with Gasteiger partial charge < -0.3 is 30.5 Å². The molecule has 4 rings (SSSR count). The van der Waals surface area contributed by atoms with E-state index >= 15 is 0 Å². The smallest absolute Gasteiger partial charge is 0.348 e. The number of aliphatic hydroxyl groups is 1. The molecule has 0 unspecified atom stereocenters. The highest BCUT2D eigenvalue weighted by atomic mass is 35.5. The van der Waals surface area contributed by atoms with Gasteiger partial charge >= 0.3 is 11.9 Å². The van der Waals surface area contributed by atoms with Crippen LogP contribution in [0.5, 0.6) is 0 Å². The fourth-order valence-electron chi connectivity index (χ4n) is 3.39. The number of imidazole rings is 1. The van der Waals surface area contributed by atoms with Gasteiger partial charge in [0.1, 0.15) is 11.6 Å². The van der Waals surface area contributed by atoms with Crippen LogP contribution < -0.4 is 5.73 Å². The number of anilines is 1. The van der Waals surface area contributed by atoms with Crippen molar-refractivity contribution >= 4 is 51.9 Å². The van der Waals surface area contributed by atoms with Crippen molar-refractivity contribution in [3.63, 3.8) is 0 Å². The molecule has 0 saturated carbocycles. The average molecular weight is 485 g/mol. The highest BCUT2D eigenvalue weighted by Gasteiger charge is 2.50. The molecule has 5 N–H and O–H groups in total. The minimum absolute atomic E-state index is 0.0468. The number of nitrogen functional groups attached to an aromatic ring is 1. The number of carboxylic acid groups (broad SMARTS) is 2. The highest BCUT2D eigenvalue weighted by molar-refractivity contribution is 7.09. The first-order valence-corrected chi connectivity index (χ1v) is 10.4. The number of aliphatic carboxylic acids is 2.